The fraction of sp³-hybridized carbons (Fsp3) is 0.429. The molecule has 2 nitrogen and oxygen atoms in total. The van der Waals surface area contributed by atoms with E-state index in [2.05, 4.69) is 0 Å². The van der Waals surface area contributed by atoms with E-state index in [-0.39, 0.29) is 12.6 Å². The number of hydrogen-bond acceptors (Lipinski definition) is 2. The number of alkyl halides is 2. The van der Waals surface area contributed by atoms with Crippen LogP contribution < -0.4 is 0 Å². The highest BCUT2D eigenvalue weighted by molar-refractivity contribution is 5.17. The van der Waals surface area contributed by atoms with E-state index in [0.29, 0.717) is 32.5 Å². The first-order valence-electron chi connectivity index (χ1n) is 8.86. The molecule has 0 N–H and O–H groups in total. The van der Waals surface area contributed by atoms with Crippen molar-refractivity contribution in [3.63, 3.8) is 0 Å². The number of likely N-dealkylation sites (tertiary alicyclic amines) is 1. The maximum Gasteiger partial charge on any atom is 0.267 e. The zero-order chi connectivity index (χ0) is 17.3. The maximum atomic E-state index is 14.6. The van der Waals surface area contributed by atoms with Crippen molar-refractivity contribution in [2.75, 3.05) is 13.1 Å². The topological polar surface area (TPSA) is 12.5 Å². The maximum absolute atomic E-state index is 14.6. The van der Waals surface area contributed by atoms with E-state index in [0.717, 1.165) is 11.1 Å². The molecule has 2 aromatic carbocycles. The van der Waals surface area contributed by atoms with Crippen LogP contribution in [-0.4, -0.2) is 30.0 Å². The Bertz CT molecular complexity index is 698. The largest absolute Gasteiger partial charge is 0.373 e. The van der Waals surface area contributed by atoms with Gasteiger partial charge in [-0.1, -0.05) is 60.7 Å². The Labute approximate surface area is 147 Å². The van der Waals surface area contributed by atoms with Gasteiger partial charge in [-0.3, -0.25) is 4.90 Å². The van der Waals surface area contributed by atoms with Crippen molar-refractivity contribution in [3.05, 3.63) is 71.8 Å². The van der Waals surface area contributed by atoms with Crippen LogP contribution in [0.15, 0.2) is 60.7 Å². The van der Waals surface area contributed by atoms with Gasteiger partial charge in [-0.15, -0.1) is 0 Å². The Morgan fingerprint density at radius 2 is 1.48 bits per heavy atom. The summed E-state index contributed by atoms with van der Waals surface area (Å²) < 4.78 is 35.1. The van der Waals surface area contributed by atoms with Crippen molar-refractivity contribution in [2.24, 2.45) is 5.41 Å². The number of rotatable bonds is 5. The summed E-state index contributed by atoms with van der Waals surface area (Å²) >= 11 is 0. The Balaban J connectivity index is 1.33. The van der Waals surface area contributed by atoms with E-state index in [4.69, 9.17) is 4.74 Å². The lowest BCUT2D eigenvalue weighted by Crippen LogP contribution is -2.53. The Kier molecular flexibility index (Phi) is 4.34. The van der Waals surface area contributed by atoms with Crippen molar-refractivity contribution in [1.29, 1.82) is 0 Å². The Hall–Kier alpha value is -1.78. The Morgan fingerprint density at radius 3 is 2.12 bits per heavy atom. The molecule has 0 amide bonds. The van der Waals surface area contributed by atoms with Crippen molar-refractivity contribution in [3.8, 4) is 0 Å². The lowest BCUT2D eigenvalue weighted by atomic mass is 9.64. The predicted molar refractivity (Wildman–Crippen MR) is 93.4 cm³/mol. The lowest BCUT2D eigenvalue weighted by molar-refractivity contribution is -0.183. The fourth-order valence-electron chi connectivity index (χ4n) is 4.15. The van der Waals surface area contributed by atoms with Crippen LogP contribution in [0.2, 0.25) is 0 Å². The molecule has 0 radical (unpaired) electrons. The van der Waals surface area contributed by atoms with Crippen LogP contribution in [-0.2, 0) is 17.9 Å². The van der Waals surface area contributed by atoms with Gasteiger partial charge < -0.3 is 4.74 Å². The van der Waals surface area contributed by atoms with Gasteiger partial charge >= 0.3 is 0 Å². The second-order valence-electron chi connectivity index (χ2n) is 7.44. The number of nitrogens with zero attached hydrogens (tertiary/aromatic N) is 1. The molecule has 2 aliphatic rings. The second kappa shape index (κ2) is 6.50. The lowest BCUT2D eigenvalue weighted by Gasteiger charge is -2.47. The van der Waals surface area contributed by atoms with Gasteiger partial charge in [0.2, 0.25) is 0 Å². The molecule has 1 saturated carbocycles. The summed E-state index contributed by atoms with van der Waals surface area (Å²) in [5, 5.41) is 0. The van der Waals surface area contributed by atoms with Crippen LogP contribution in [0.1, 0.15) is 24.0 Å². The van der Waals surface area contributed by atoms with Gasteiger partial charge in [-0.2, -0.15) is 0 Å². The normalized spacial score (nSPS) is 28.2. The molecule has 0 aromatic heterocycles. The molecule has 1 spiro atoms. The third-order valence-electron chi connectivity index (χ3n) is 5.54. The first-order chi connectivity index (χ1) is 12.1. The minimum atomic E-state index is -2.63. The highest BCUT2D eigenvalue weighted by atomic mass is 19.3. The summed E-state index contributed by atoms with van der Waals surface area (Å²) in [5.41, 5.74) is 1.28. The molecule has 0 bridgehead atoms. The molecule has 132 valence electrons. The third kappa shape index (κ3) is 3.33. The standard InChI is InChI=1S/C21H23F2NO/c22-21(23)16-24(13-17-7-3-1-4-8-17)15-20(21)11-19(12-20)25-14-18-9-5-2-6-10-18/h1-10,19H,11-16H2. The summed E-state index contributed by atoms with van der Waals surface area (Å²) in [6, 6.07) is 19.7. The summed E-state index contributed by atoms with van der Waals surface area (Å²) in [6.45, 7) is 1.40. The van der Waals surface area contributed by atoms with Crippen molar-refractivity contribution in [1.82, 2.24) is 4.90 Å². The molecule has 0 unspecified atom stereocenters. The van der Waals surface area contributed by atoms with Gasteiger partial charge in [0, 0.05) is 13.1 Å². The molecular weight excluding hydrogens is 320 g/mol. The average Bonchev–Trinajstić information content (AvgIpc) is 2.84. The van der Waals surface area contributed by atoms with E-state index >= 15 is 0 Å². The van der Waals surface area contributed by atoms with Crippen molar-refractivity contribution in [2.45, 2.75) is 38.0 Å². The van der Waals surface area contributed by atoms with E-state index in [1.165, 1.54) is 0 Å². The highest BCUT2D eigenvalue weighted by Crippen LogP contribution is 2.57. The quantitative estimate of drug-likeness (QED) is 0.792. The average molecular weight is 343 g/mol. The monoisotopic (exact) mass is 343 g/mol. The van der Waals surface area contributed by atoms with Crippen LogP contribution in [0.5, 0.6) is 0 Å². The van der Waals surface area contributed by atoms with Crippen LogP contribution in [0, 0.1) is 5.41 Å². The molecule has 0 atom stereocenters. The van der Waals surface area contributed by atoms with Gasteiger partial charge in [0.25, 0.3) is 5.92 Å². The molecule has 2 fully saturated rings. The second-order valence-corrected chi connectivity index (χ2v) is 7.44. The zero-order valence-electron chi connectivity index (χ0n) is 14.2. The summed E-state index contributed by atoms with van der Waals surface area (Å²) in [6.07, 6.45) is 0.860. The summed E-state index contributed by atoms with van der Waals surface area (Å²) in [5.74, 6) is -2.63. The van der Waals surface area contributed by atoms with Crippen molar-refractivity contribution >= 4 is 0 Å². The van der Waals surface area contributed by atoms with Gasteiger partial charge in [0.1, 0.15) is 0 Å². The van der Waals surface area contributed by atoms with Gasteiger partial charge in [-0.25, -0.2) is 8.78 Å². The number of hydrogen-bond donors (Lipinski definition) is 0. The van der Waals surface area contributed by atoms with Crippen LogP contribution in [0.3, 0.4) is 0 Å². The smallest absolute Gasteiger partial charge is 0.267 e. The molecule has 1 aliphatic carbocycles. The third-order valence-corrected chi connectivity index (χ3v) is 5.54. The minimum Gasteiger partial charge on any atom is -0.373 e. The first-order valence-corrected chi connectivity index (χ1v) is 8.86. The first kappa shape index (κ1) is 16.7. The number of ether oxygens (including phenoxy) is 1. The molecule has 25 heavy (non-hydrogen) atoms. The van der Waals surface area contributed by atoms with Gasteiger partial charge in [0.15, 0.2) is 0 Å². The summed E-state index contributed by atoms with van der Waals surface area (Å²) in [7, 11) is 0. The molecule has 4 rings (SSSR count). The van der Waals surface area contributed by atoms with E-state index in [9.17, 15) is 8.78 Å². The molecule has 4 heteroatoms. The van der Waals surface area contributed by atoms with Crippen LogP contribution in [0.4, 0.5) is 8.78 Å². The van der Waals surface area contributed by atoms with Crippen LogP contribution in [0.25, 0.3) is 0 Å². The molecule has 2 aromatic rings. The van der Waals surface area contributed by atoms with E-state index < -0.39 is 11.3 Å². The SMILES string of the molecule is FC1(F)CN(Cc2ccccc2)CC12CC(OCc1ccccc1)C2. The Morgan fingerprint density at radius 1 is 0.880 bits per heavy atom. The highest BCUT2D eigenvalue weighted by Gasteiger charge is 2.65. The molecule has 1 saturated heterocycles. The molecular formula is C21H23F2NO. The van der Waals surface area contributed by atoms with E-state index in [1.54, 1.807) is 0 Å². The van der Waals surface area contributed by atoms with Crippen LogP contribution >= 0.6 is 0 Å². The zero-order valence-corrected chi connectivity index (χ0v) is 14.2. The van der Waals surface area contributed by atoms with Crippen molar-refractivity contribution < 1.29 is 13.5 Å². The van der Waals surface area contributed by atoms with E-state index in [1.807, 2.05) is 65.6 Å². The predicted octanol–water partition coefficient (Wildman–Crippen LogP) is 4.50. The number of benzene rings is 2. The summed E-state index contributed by atoms with van der Waals surface area (Å²) in [4.78, 5) is 1.89. The van der Waals surface area contributed by atoms with Gasteiger partial charge in [0.05, 0.1) is 24.7 Å². The minimum absolute atomic E-state index is 0.0530. The molecule has 1 aliphatic heterocycles. The molecule has 1 heterocycles. The fourth-order valence-corrected chi connectivity index (χ4v) is 4.15. The van der Waals surface area contributed by atoms with Gasteiger partial charge in [-0.05, 0) is 24.0 Å². The number of halogens is 2.